The molecule has 3 nitrogen and oxygen atoms in total. The predicted molar refractivity (Wildman–Crippen MR) is 62.5 cm³/mol. The van der Waals surface area contributed by atoms with Gasteiger partial charge in [-0.05, 0) is 13.3 Å². The van der Waals surface area contributed by atoms with E-state index in [4.69, 9.17) is 5.73 Å². The number of aliphatic hydroxyl groups excluding tert-OH is 2. The molecule has 0 radical (unpaired) electrons. The second-order valence-corrected chi connectivity index (χ2v) is 5.38. The first-order chi connectivity index (χ1) is 6.52. The van der Waals surface area contributed by atoms with E-state index in [9.17, 15) is 10.2 Å². The van der Waals surface area contributed by atoms with E-state index in [2.05, 4.69) is 6.92 Å². The zero-order valence-corrected chi connectivity index (χ0v) is 10.1. The Hall–Kier alpha value is 0.230. The quantitative estimate of drug-likeness (QED) is 0.599. The van der Waals surface area contributed by atoms with Crippen molar-refractivity contribution in [2.45, 2.75) is 56.3 Å². The molecule has 0 amide bonds. The zero-order chi connectivity index (χ0) is 11.1. The minimum Gasteiger partial charge on any atom is -0.395 e. The number of aliphatic hydroxyl groups is 2. The molecule has 0 aromatic rings. The highest BCUT2D eigenvalue weighted by molar-refractivity contribution is 8.00. The third kappa shape index (κ3) is 5.20. The topological polar surface area (TPSA) is 66.5 Å². The van der Waals surface area contributed by atoms with Crippen LogP contribution >= 0.6 is 11.8 Å². The molecule has 0 aliphatic heterocycles. The van der Waals surface area contributed by atoms with Gasteiger partial charge in [0.25, 0.3) is 0 Å². The van der Waals surface area contributed by atoms with E-state index in [1.165, 1.54) is 0 Å². The van der Waals surface area contributed by atoms with E-state index >= 15 is 0 Å². The lowest BCUT2D eigenvalue weighted by Gasteiger charge is -2.25. The molecule has 0 fully saturated rings. The van der Waals surface area contributed by atoms with Gasteiger partial charge in [-0.15, -0.1) is 11.8 Å². The highest BCUT2D eigenvalue weighted by Crippen LogP contribution is 2.23. The highest BCUT2D eigenvalue weighted by atomic mass is 32.2. The fourth-order valence-corrected chi connectivity index (χ4v) is 2.39. The van der Waals surface area contributed by atoms with Crippen molar-refractivity contribution in [1.82, 2.24) is 0 Å². The summed E-state index contributed by atoms with van der Waals surface area (Å²) in [5, 5.41) is 18.7. The summed E-state index contributed by atoms with van der Waals surface area (Å²) in [6, 6.07) is 0.0243. The predicted octanol–water partition coefficient (Wildman–Crippen LogP) is 0.977. The van der Waals surface area contributed by atoms with Crippen molar-refractivity contribution in [3.05, 3.63) is 0 Å². The first kappa shape index (κ1) is 14.2. The minimum absolute atomic E-state index is 0.0243. The van der Waals surface area contributed by atoms with Gasteiger partial charge in [-0.1, -0.05) is 20.3 Å². The van der Waals surface area contributed by atoms with Gasteiger partial charge in [-0.25, -0.2) is 0 Å². The van der Waals surface area contributed by atoms with Crippen LogP contribution < -0.4 is 5.73 Å². The molecule has 0 aliphatic carbocycles. The average molecular weight is 221 g/mol. The summed E-state index contributed by atoms with van der Waals surface area (Å²) >= 11 is 1.58. The first-order valence-electron chi connectivity index (χ1n) is 5.22. The Bertz CT molecular complexity index is 144. The SMILES string of the molecule is CCCC(N)C(CO)SC(C)C(C)O. The number of nitrogens with two attached hydrogens (primary N) is 1. The van der Waals surface area contributed by atoms with E-state index in [0.717, 1.165) is 12.8 Å². The number of hydrogen-bond acceptors (Lipinski definition) is 4. The Morgan fingerprint density at radius 3 is 2.29 bits per heavy atom. The van der Waals surface area contributed by atoms with Crippen LogP contribution in [0.4, 0.5) is 0 Å². The molecule has 14 heavy (non-hydrogen) atoms. The molecule has 4 atom stereocenters. The van der Waals surface area contributed by atoms with Crippen LogP contribution in [0.1, 0.15) is 33.6 Å². The molecule has 0 rings (SSSR count). The lowest BCUT2D eigenvalue weighted by atomic mass is 10.1. The van der Waals surface area contributed by atoms with Crippen molar-refractivity contribution in [2.24, 2.45) is 5.73 Å². The maximum Gasteiger partial charge on any atom is 0.0628 e. The molecular weight excluding hydrogens is 198 g/mol. The Morgan fingerprint density at radius 1 is 1.36 bits per heavy atom. The molecule has 0 spiro atoms. The monoisotopic (exact) mass is 221 g/mol. The molecule has 0 saturated carbocycles. The maximum absolute atomic E-state index is 9.33. The van der Waals surface area contributed by atoms with E-state index in [1.807, 2.05) is 6.92 Å². The summed E-state index contributed by atoms with van der Waals surface area (Å²) in [4.78, 5) is 0. The Labute approximate surface area is 91.1 Å². The molecule has 0 aromatic heterocycles. The van der Waals surface area contributed by atoms with Crippen LogP contribution in [0.25, 0.3) is 0 Å². The van der Waals surface area contributed by atoms with Gasteiger partial charge in [0, 0.05) is 16.5 Å². The van der Waals surface area contributed by atoms with Crippen LogP contribution in [0.2, 0.25) is 0 Å². The summed E-state index contributed by atoms with van der Waals surface area (Å²) in [5.41, 5.74) is 5.92. The van der Waals surface area contributed by atoms with E-state index in [-0.39, 0.29) is 29.3 Å². The molecule has 0 bridgehead atoms. The van der Waals surface area contributed by atoms with Gasteiger partial charge in [0.1, 0.15) is 0 Å². The van der Waals surface area contributed by atoms with Gasteiger partial charge < -0.3 is 15.9 Å². The maximum atomic E-state index is 9.33. The molecule has 4 N–H and O–H groups in total. The van der Waals surface area contributed by atoms with Crippen LogP contribution in [-0.4, -0.2) is 39.5 Å². The Balaban J connectivity index is 4.00. The molecule has 0 aromatic carbocycles. The van der Waals surface area contributed by atoms with Crippen molar-refractivity contribution in [3.63, 3.8) is 0 Å². The van der Waals surface area contributed by atoms with Gasteiger partial charge >= 0.3 is 0 Å². The number of hydrogen-bond donors (Lipinski definition) is 3. The van der Waals surface area contributed by atoms with Gasteiger partial charge in [0.2, 0.25) is 0 Å². The van der Waals surface area contributed by atoms with Gasteiger partial charge in [-0.2, -0.15) is 0 Å². The van der Waals surface area contributed by atoms with Crippen LogP contribution in [0.15, 0.2) is 0 Å². The molecule has 86 valence electrons. The van der Waals surface area contributed by atoms with E-state index < -0.39 is 0 Å². The minimum atomic E-state index is -0.358. The highest BCUT2D eigenvalue weighted by Gasteiger charge is 2.21. The fraction of sp³-hybridized carbons (Fsp3) is 1.00. The molecule has 4 unspecified atom stereocenters. The molecular formula is C10H23NO2S. The smallest absolute Gasteiger partial charge is 0.0628 e. The van der Waals surface area contributed by atoms with Crippen LogP contribution in [-0.2, 0) is 0 Å². The van der Waals surface area contributed by atoms with E-state index in [0.29, 0.717) is 0 Å². The third-order valence-corrected chi connectivity index (χ3v) is 4.02. The standard InChI is InChI=1S/C10H23NO2S/c1-4-5-9(11)10(6-12)14-8(3)7(2)13/h7-10,12-13H,4-6,11H2,1-3H3. The first-order valence-corrected chi connectivity index (χ1v) is 6.17. The zero-order valence-electron chi connectivity index (χ0n) is 9.31. The van der Waals surface area contributed by atoms with Crippen LogP contribution in [0.3, 0.4) is 0 Å². The van der Waals surface area contributed by atoms with Gasteiger partial charge in [0.05, 0.1) is 12.7 Å². The van der Waals surface area contributed by atoms with Crippen LogP contribution in [0, 0.1) is 0 Å². The van der Waals surface area contributed by atoms with Crippen molar-refractivity contribution < 1.29 is 10.2 Å². The van der Waals surface area contributed by atoms with Crippen molar-refractivity contribution in [3.8, 4) is 0 Å². The van der Waals surface area contributed by atoms with Crippen molar-refractivity contribution >= 4 is 11.8 Å². The summed E-state index contributed by atoms with van der Waals surface area (Å²) in [6.45, 7) is 5.88. The van der Waals surface area contributed by atoms with Gasteiger partial charge in [-0.3, -0.25) is 0 Å². The summed E-state index contributed by atoms with van der Waals surface area (Å²) in [7, 11) is 0. The van der Waals surface area contributed by atoms with Crippen LogP contribution in [0.5, 0.6) is 0 Å². The average Bonchev–Trinajstić information content (AvgIpc) is 2.13. The Morgan fingerprint density at radius 2 is 1.93 bits per heavy atom. The molecule has 0 saturated heterocycles. The third-order valence-electron chi connectivity index (χ3n) is 2.35. The Kier molecular flexibility index (Phi) is 7.64. The van der Waals surface area contributed by atoms with E-state index in [1.54, 1.807) is 18.7 Å². The molecule has 0 heterocycles. The fourth-order valence-electron chi connectivity index (χ4n) is 1.19. The number of thioether (sulfide) groups is 1. The second kappa shape index (κ2) is 7.51. The lowest BCUT2D eigenvalue weighted by Crippen LogP contribution is -2.37. The second-order valence-electron chi connectivity index (χ2n) is 3.76. The summed E-state index contributed by atoms with van der Waals surface area (Å²) in [6.07, 6.45) is 1.59. The summed E-state index contributed by atoms with van der Waals surface area (Å²) in [5.74, 6) is 0. The van der Waals surface area contributed by atoms with Crippen molar-refractivity contribution in [1.29, 1.82) is 0 Å². The lowest BCUT2D eigenvalue weighted by molar-refractivity contribution is 0.195. The van der Waals surface area contributed by atoms with Crippen molar-refractivity contribution in [2.75, 3.05) is 6.61 Å². The summed E-state index contributed by atoms with van der Waals surface area (Å²) < 4.78 is 0. The van der Waals surface area contributed by atoms with Gasteiger partial charge in [0.15, 0.2) is 0 Å². The largest absolute Gasteiger partial charge is 0.395 e. The molecule has 0 aliphatic rings. The number of rotatable bonds is 7. The normalized spacial score (nSPS) is 20.1. The molecule has 4 heteroatoms.